The van der Waals surface area contributed by atoms with Crippen molar-refractivity contribution in [2.75, 3.05) is 5.75 Å². The number of aromatic nitrogens is 3. The Morgan fingerprint density at radius 3 is 2.57 bits per heavy atom. The molecule has 0 aliphatic heterocycles. The molecule has 0 unspecified atom stereocenters. The number of benzene rings is 1. The lowest BCUT2D eigenvalue weighted by molar-refractivity contribution is -0.119. The Morgan fingerprint density at radius 1 is 1.18 bits per heavy atom. The van der Waals surface area contributed by atoms with Gasteiger partial charge in [-0.1, -0.05) is 56.5 Å². The smallest absolute Gasteiger partial charge is 0.230 e. The number of thioether (sulfide) groups is 1. The second-order valence-electron chi connectivity index (χ2n) is 7.29. The van der Waals surface area contributed by atoms with E-state index < -0.39 is 0 Å². The number of hydrogen-bond donors (Lipinski definition) is 1. The number of nitrogens with zero attached hydrogens (tertiary/aromatic N) is 3. The maximum Gasteiger partial charge on any atom is 0.230 e. The molecule has 7 heteroatoms. The van der Waals surface area contributed by atoms with Crippen molar-refractivity contribution in [2.45, 2.75) is 69.7 Å². The molecule has 1 aliphatic carbocycles. The fourth-order valence-electron chi connectivity index (χ4n) is 3.39. The van der Waals surface area contributed by atoms with Crippen molar-refractivity contribution in [1.82, 2.24) is 20.1 Å². The molecular weight excluding hydrogens is 372 g/mol. The van der Waals surface area contributed by atoms with E-state index >= 15 is 0 Å². The van der Waals surface area contributed by atoms with Crippen molar-refractivity contribution < 1.29 is 9.53 Å². The summed E-state index contributed by atoms with van der Waals surface area (Å²) in [4.78, 5) is 12.3. The Labute approximate surface area is 171 Å². The van der Waals surface area contributed by atoms with Crippen LogP contribution in [-0.4, -0.2) is 32.5 Å². The molecule has 152 valence electrons. The van der Waals surface area contributed by atoms with E-state index in [1.54, 1.807) is 0 Å². The van der Waals surface area contributed by atoms with Gasteiger partial charge in [-0.15, -0.1) is 10.2 Å². The van der Waals surface area contributed by atoms with E-state index in [1.165, 1.54) is 43.0 Å². The molecule has 28 heavy (non-hydrogen) atoms. The lowest BCUT2D eigenvalue weighted by atomic mass is 10.1. The van der Waals surface area contributed by atoms with Gasteiger partial charge in [0.2, 0.25) is 5.91 Å². The Morgan fingerprint density at radius 2 is 1.89 bits per heavy atom. The summed E-state index contributed by atoms with van der Waals surface area (Å²) in [7, 11) is 1.91. The van der Waals surface area contributed by atoms with Gasteiger partial charge in [-0.3, -0.25) is 4.79 Å². The number of carbonyl (C=O) groups excluding carboxylic acids is 1. The van der Waals surface area contributed by atoms with E-state index in [9.17, 15) is 4.79 Å². The number of hydrogen-bond acceptors (Lipinski definition) is 5. The van der Waals surface area contributed by atoms with E-state index in [1.807, 2.05) is 23.7 Å². The minimum absolute atomic E-state index is 0.0775. The lowest BCUT2D eigenvalue weighted by Crippen LogP contribution is -2.35. The van der Waals surface area contributed by atoms with E-state index in [2.05, 4.69) is 34.6 Å². The Hall–Kier alpha value is -2.02. The molecule has 6 nitrogen and oxygen atoms in total. The standard InChI is InChI=1S/C21H30N4O2S/c1-3-16-10-12-18(13-11-16)27-14-19-23-24-21(25(19)2)28-15-20(26)22-17-8-6-4-5-7-9-17/h10-13,17H,3-9,14-15H2,1-2H3,(H,22,26). The zero-order valence-corrected chi connectivity index (χ0v) is 17.6. The van der Waals surface area contributed by atoms with Gasteiger partial charge in [-0.05, 0) is 37.0 Å². The number of amides is 1. The third kappa shape index (κ3) is 5.99. The quantitative estimate of drug-likeness (QED) is 0.536. The molecule has 1 aromatic carbocycles. The molecular formula is C21H30N4O2S. The molecule has 0 bridgehead atoms. The minimum atomic E-state index is 0.0775. The predicted octanol–water partition coefficient (Wildman–Crippen LogP) is 3.89. The van der Waals surface area contributed by atoms with Gasteiger partial charge in [0.1, 0.15) is 12.4 Å². The summed E-state index contributed by atoms with van der Waals surface area (Å²) in [6, 6.07) is 8.42. The summed E-state index contributed by atoms with van der Waals surface area (Å²) in [6.07, 6.45) is 8.21. The molecule has 1 heterocycles. The minimum Gasteiger partial charge on any atom is -0.486 e. The first-order valence-corrected chi connectivity index (χ1v) is 11.2. The van der Waals surface area contributed by atoms with Crippen LogP contribution in [0.25, 0.3) is 0 Å². The maximum absolute atomic E-state index is 12.3. The molecule has 0 saturated heterocycles. The molecule has 1 aliphatic rings. The number of carbonyl (C=O) groups is 1. The van der Waals surface area contributed by atoms with Gasteiger partial charge in [-0.25, -0.2) is 0 Å². The molecule has 0 atom stereocenters. The van der Waals surface area contributed by atoms with Crippen molar-refractivity contribution in [3.8, 4) is 5.75 Å². The largest absolute Gasteiger partial charge is 0.486 e. The van der Waals surface area contributed by atoms with Crippen molar-refractivity contribution in [3.63, 3.8) is 0 Å². The SMILES string of the molecule is CCc1ccc(OCc2nnc(SCC(=O)NC3CCCCCC3)n2C)cc1. The molecule has 3 rings (SSSR count). The van der Waals surface area contributed by atoms with Crippen LogP contribution < -0.4 is 10.1 Å². The number of ether oxygens (including phenoxy) is 1. The molecule has 1 N–H and O–H groups in total. The fraction of sp³-hybridized carbons (Fsp3) is 0.571. The summed E-state index contributed by atoms with van der Waals surface area (Å²) in [6.45, 7) is 2.48. The van der Waals surface area contributed by atoms with Gasteiger partial charge >= 0.3 is 0 Å². The highest BCUT2D eigenvalue weighted by atomic mass is 32.2. The van der Waals surface area contributed by atoms with Crippen molar-refractivity contribution in [2.24, 2.45) is 7.05 Å². The number of rotatable bonds is 8. The fourth-order valence-corrected chi connectivity index (χ4v) is 4.13. The third-order valence-electron chi connectivity index (χ3n) is 5.18. The van der Waals surface area contributed by atoms with Crippen LogP contribution >= 0.6 is 11.8 Å². The second-order valence-corrected chi connectivity index (χ2v) is 8.23. The Bertz CT molecular complexity index is 752. The molecule has 1 amide bonds. The van der Waals surface area contributed by atoms with E-state index in [-0.39, 0.29) is 5.91 Å². The third-order valence-corrected chi connectivity index (χ3v) is 6.20. The monoisotopic (exact) mass is 402 g/mol. The first-order chi connectivity index (χ1) is 13.7. The van der Waals surface area contributed by atoms with Gasteiger partial charge in [0.15, 0.2) is 11.0 Å². The van der Waals surface area contributed by atoms with Crippen LogP contribution in [-0.2, 0) is 24.9 Å². The van der Waals surface area contributed by atoms with Crippen LogP contribution in [0.4, 0.5) is 0 Å². The summed E-state index contributed by atoms with van der Waals surface area (Å²) in [5.41, 5.74) is 1.28. The average Bonchev–Trinajstić information content (AvgIpc) is 2.89. The zero-order chi connectivity index (χ0) is 19.8. The summed E-state index contributed by atoms with van der Waals surface area (Å²) < 4.78 is 7.70. The molecule has 1 aromatic heterocycles. The summed E-state index contributed by atoms with van der Waals surface area (Å²) in [5, 5.41) is 12.3. The molecule has 1 saturated carbocycles. The van der Waals surface area contributed by atoms with Crippen molar-refractivity contribution in [1.29, 1.82) is 0 Å². The van der Waals surface area contributed by atoms with Gasteiger partial charge in [0, 0.05) is 13.1 Å². The highest BCUT2D eigenvalue weighted by Gasteiger charge is 2.16. The molecule has 0 radical (unpaired) electrons. The Kier molecular flexibility index (Phi) is 7.77. The molecule has 0 spiro atoms. The van der Waals surface area contributed by atoms with E-state index in [0.29, 0.717) is 18.4 Å². The summed E-state index contributed by atoms with van der Waals surface area (Å²) >= 11 is 1.42. The topological polar surface area (TPSA) is 69.0 Å². The average molecular weight is 403 g/mol. The van der Waals surface area contributed by atoms with Crippen molar-refractivity contribution >= 4 is 17.7 Å². The Balaban J connectivity index is 1.46. The predicted molar refractivity (Wildman–Crippen MR) is 112 cm³/mol. The van der Waals surface area contributed by atoms with Crippen LogP contribution in [0.2, 0.25) is 0 Å². The van der Waals surface area contributed by atoms with Crippen LogP contribution in [0.5, 0.6) is 5.75 Å². The maximum atomic E-state index is 12.3. The molecule has 2 aromatic rings. The first-order valence-electron chi connectivity index (χ1n) is 10.2. The van der Waals surface area contributed by atoms with Crippen LogP contribution in [0.15, 0.2) is 29.4 Å². The van der Waals surface area contributed by atoms with Gasteiger partial charge in [-0.2, -0.15) is 0 Å². The van der Waals surface area contributed by atoms with Gasteiger partial charge in [0.25, 0.3) is 0 Å². The lowest BCUT2D eigenvalue weighted by Gasteiger charge is -2.15. The highest BCUT2D eigenvalue weighted by Crippen LogP contribution is 2.20. The zero-order valence-electron chi connectivity index (χ0n) is 16.8. The van der Waals surface area contributed by atoms with E-state index in [4.69, 9.17) is 4.74 Å². The van der Waals surface area contributed by atoms with Crippen LogP contribution in [0, 0.1) is 0 Å². The normalized spacial score (nSPS) is 15.2. The summed E-state index contributed by atoms with van der Waals surface area (Å²) in [5.74, 6) is 2.00. The van der Waals surface area contributed by atoms with Crippen LogP contribution in [0.1, 0.15) is 56.8 Å². The van der Waals surface area contributed by atoms with Crippen LogP contribution in [0.3, 0.4) is 0 Å². The second kappa shape index (κ2) is 10.5. The first kappa shape index (κ1) is 20.7. The highest BCUT2D eigenvalue weighted by molar-refractivity contribution is 7.99. The number of aryl methyl sites for hydroxylation is 1. The van der Waals surface area contributed by atoms with Crippen molar-refractivity contribution in [3.05, 3.63) is 35.7 Å². The van der Waals surface area contributed by atoms with E-state index in [0.717, 1.165) is 36.0 Å². The van der Waals surface area contributed by atoms with Gasteiger partial charge < -0.3 is 14.6 Å². The number of nitrogens with one attached hydrogen (secondary N) is 1. The molecule has 1 fully saturated rings. The van der Waals surface area contributed by atoms with Gasteiger partial charge in [0.05, 0.1) is 5.75 Å².